The number of esters is 2. The Hall–Kier alpha value is -2.83. The third-order valence-corrected chi connectivity index (χ3v) is 7.71. The van der Waals surface area contributed by atoms with E-state index in [9.17, 15) is 34.8 Å². The summed E-state index contributed by atoms with van der Waals surface area (Å²) in [5, 5.41) is 39.5. The van der Waals surface area contributed by atoms with Crippen molar-refractivity contribution in [2.75, 3.05) is 13.2 Å². The van der Waals surface area contributed by atoms with E-state index in [1.807, 2.05) is 12.2 Å². The third kappa shape index (κ3) is 20.5. The molecule has 6 unspecified atom stereocenters. The van der Waals surface area contributed by atoms with Crippen molar-refractivity contribution in [1.29, 1.82) is 0 Å². The van der Waals surface area contributed by atoms with Crippen LogP contribution < -0.4 is 0 Å². The van der Waals surface area contributed by atoms with Gasteiger partial charge in [0, 0.05) is 12.8 Å². The van der Waals surface area contributed by atoms with Crippen LogP contribution in [0, 0.1) is 0 Å². The lowest BCUT2D eigenvalue weighted by Gasteiger charge is -2.38. The molecule has 11 heteroatoms. The van der Waals surface area contributed by atoms with Crippen molar-refractivity contribution < 1.29 is 53.8 Å². The van der Waals surface area contributed by atoms with Crippen molar-refractivity contribution in [3.05, 3.63) is 48.6 Å². The van der Waals surface area contributed by atoms with Gasteiger partial charge in [0.15, 0.2) is 18.5 Å². The largest absolute Gasteiger partial charge is 0.479 e. The van der Waals surface area contributed by atoms with Crippen LogP contribution in [0.25, 0.3) is 0 Å². The Labute approximate surface area is 286 Å². The van der Waals surface area contributed by atoms with Crippen LogP contribution >= 0.6 is 0 Å². The van der Waals surface area contributed by atoms with Crippen molar-refractivity contribution >= 4 is 17.9 Å². The topological polar surface area (TPSA) is 169 Å². The van der Waals surface area contributed by atoms with Crippen molar-refractivity contribution in [1.82, 2.24) is 0 Å². The van der Waals surface area contributed by atoms with Gasteiger partial charge in [-0.2, -0.15) is 0 Å². The molecule has 1 heterocycles. The van der Waals surface area contributed by atoms with E-state index in [1.165, 1.54) is 32.1 Å². The average Bonchev–Trinajstić information content (AvgIpc) is 3.06. The van der Waals surface area contributed by atoms with Gasteiger partial charge in [-0.3, -0.25) is 9.59 Å². The smallest absolute Gasteiger partial charge is 0.335 e. The number of hydrogen-bond donors (Lipinski definition) is 4. The maximum Gasteiger partial charge on any atom is 0.335 e. The number of allylic oxidation sites excluding steroid dienone is 8. The van der Waals surface area contributed by atoms with E-state index in [1.54, 1.807) is 0 Å². The van der Waals surface area contributed by atoms with E-state index in [0.29, 0.717) is 12.8 Å². The molecule has 0 spiro atoms. The van der Waals surface area contributed by atoms with Gasteiger partial charge in [-0.25, -0.2) is 4.79 Å². The first kappa shape index (κ1) is 43.2. The lowest BCUT2D eigenvalue weighted by atomic mass is 9.99. The molecule has 48 heavy (non-hydrogen) atoms. The second kappa shape index (κ2) is 28.1. The molecule has 0 radical (unpaired) electrons. The first-order valence-corrected chi connectivity index (χ1v) is 17.7. The van der Waals surface area contributed by atoms with Gasteiger partial charge in [0.05, 0.1) is 6.61 Å². The zero-order valence-corrected chi connectivity index (χ0v) is 29.0. The molecule has 1 aliphatic rings. The van der Waals surface area contributed by atoms with Gasteiger partial charge in [0.1, 0.15) is 24.9 Å². The molecule has 0 bridgehead atoms. The minimum absolute atomic E-state index is 0.114. The predicted molar refractivity (Wildman–Crippen MR) is 183 cm³/mol. The maximum absolute atomic E-state index is 12.6. The summed E-state index contributed by atoms with van der Waals surface area (Å²) in [5.41, 5.74) is 0. The summed E-state index contributed by atoms with van der Waals surface area (Å²) in [7, 11) is 0. The summed E-state index contributed by atoms with van der Waals surface area (Å²) < 4.78 is 21.4. The number of aliphatic hydroxyl groups is 3. The Morgan fingerprint density at radius 2 is 1.23 bits per heavy atom. The molecule has 1 rings (SSSR count). The van der Waals surface area contributed by atoms with E-state index in [0.717, 1.165) is 44.9 Å². The molecule has 0 saturated carbocycles. The first-order valence-electron chi connectivity index (χ1n) is 17.7. The maximum atomic E-state index is 12.6. The van der Waals surface area contributed by atoms with Crippen molar-refractivity contribution in [2.45, 2.75) is 153 Å². The molecule has 0 aromatic heterocycles. The van der Waals surface area contributed by atoms with E-state index >= 15 is 0 Å². The van der Waals surface area contributed by atoms with Crippen LogP contribution in [0.1, 0.15) is 117 Å². The molecule has 11 nitrogen and oxygen atoms in total. The van der Waals surface area contributed by atoms with Gasteiger partial charge < -0.3 is 39.4 Å². The van der Waals surface area contributed by atoms with E-state index in [-0.39, 0.29) is 19.4 Å². The number of carbonyl (C=O) groups excluding carboxylic acids is 2. The lowest BCUT2D eigenvalue weighted by molar-refractivity contribution is -0.298. The minimum Gasteiger partial charge on any atom is -0.479 e. The highest BCUT2D eigenvalue weighted by Crippen LogP contribution is 2.23. The van der Waals surface area contributed by atoms with E-state index in [2.05, 4.69) is 50.3 Å². The zero-order chi connectivity index (χ0) is 35.4. The van der Waals surface area contributed by atoms with Gasteiger partial charge in [-0.15, -0.1) is 0 Å². The molecular weight excluding hydrogens is 620 g/mol. The predicted octanol–water partition coefficient (Wildman–Crippen LogP) is 5.86. The van der Waals surface area contributed by atoms with Crippen molar-refractivity contribution in [3.63, 3.8) is 0 Å². The van der Waals surface area contributed by atoms with Crippen LogP contribution in [0.15, 0.2) is 48.6 Å². The highest BCUT2D eigenvalue weighted by atomic mass is 16.7. The van der Waals surface area contributed by atoms with Crippen LogP contribution in [-0.2, 0) is 33.3 Å². The number of carboxylic acids is 1. The fourth-order valence-electron chi connectivity index (χ4n) is 4.89. The lowest BCUT2D eigenvalue weighted by Crippen LogP contribution is -2.60. The Morgan fingerprint density at radius 1 is 0.667 bits per heavy atom. The van der Waals surface area contributed by atoms with Crippen LogP contribution in [-0.4, -0.2) is 88.4 Å². The van der Waals surface area contributed by atoms with Crippen molar-refractivity contribution in [2.24, 2.45) is 0 Å². The molecule has 1 saturated heterocycles. The monoisotopic (exact) mass is 680 g/mol. The molecule has 4 N–H and O–H groups in total. The Bertz CT molecular complexity index is 990. The number of aliphatic carboxylic acids is 1. The molecule has 0 aromatic rings. The van der Waals surface area contributed by atoms with Gasteiger partial charge in [-0.05, 0) is 38.5 Å². The van der Waals surface area contributed by atoms with Crippen LogP contribution in [0.2, 0.25) is 0 Å². The molecule has 1 aliphatic heterocycles. The fraction of sp³-hybridized carbons (Fsp3) is 0.703. The molecule has 0 aromatic carbocycles. The number of ether oxygens (including phenoxy) is 4. The van der Waals surface area contributed by atoms with E-state index < -0.39 is 61.3 Å². The molecular formula is C37H60O11. The molecule has 6 atom stereocenters. The van der Waals surface area contributed by atoms with Gasteiger partial charge in [0.2, 0.25) is 0 Å². The highest BCUT2D eigenvalue weighted by Gasteiger charge is 2.47. The number of unbranched alkanes of at least 4 members (excludes halogenated alkanes) is 8. The highest BCUT2D eigenvalue weighted by molar-refractivity contribution is 5.73. The zero-order valence-electron chi connectivity index (χ0n) is 29.0. The number of rotatable bonds is 27. The second-order valence-corrected chi connectivity index (χ2v) is 12.0. The van der Waals surface area contributed by atoms with Crippen LogP contribution in [0.5, 0.6) is 0 Å². The Kier molecular flexibility index (Phi) is 25.2. The molecule has 0 amide bonds. The number of hydrogen-bond acceptors (Lipinski definition) is 10. The number of carboxylic acid groups (broad SMARTS) is 1. The molecule has 274 valence electrons. The summed E-state index contributed by atoms with van der Waals surface area (Å²) in [6.07, 6.45) is 20.7. The molecule has 0 aliphatic carbocycles. The summed E-state index contributed by atoms with van der Waals surface area (Å²) in [4.78, 5) is 36.4. The third-order valence-electron chi connectivity index (χ3n) is 7.71. The second-order valence-electron chi connectivity index (χ2n) is 12.0. The average molecular weight is 681 g/mol. The standard InChI is InChI=1S/C37H60O11/c1-3-5-7-9-11-13-14-15-16-18-19-21-23-25-30(38)45-27-29(47-31(39)26-24-22-20-17-12-10-8-6-4-2)28-46-37-34(42)32(40)33(41)35(48-37)36(43)44/h5,7,11,13,15-16,19,21,29,32-35,37,40-42H,3-4,6,8-10,12,14,17-18,20,22-28H2,1-2H3,(H,43,44)/b7-5-,13-11-,16-15-,21-19-. The number of aliphatic hydroxyl groups excluding tert-OH is 3. The fourth-order valence-corrected chi connectivity index (χ4v) is 4.89. The van der Waals surface area contributed by atoms with Crippen LogP contribution in [0.3, 0.4) is 0 Å². The minimum atomic E-state index is -1.87. The Morgan fingerprint density at radius 3 is 1.81 bits per heavy atom. The van der Waals surface area contributed by atoms with Crippen molar-refractivity contribution in [3.8, 4) is 0 Å². The van der Waals surface area contributed by atoms with Gasteiger partial charge >= 0.3 is 17.9 Å². The van der Waals surface area contributed by atoms with Crippen LogP contribution in [0.4, 0.5) is 0 Å². The van der Waals surface area contributed by atoms with E-state index in [4.69, 9.17) is 18.9 Å². The first-order chi connectivity index (χ1) is 23.2. The normalized spacial score (nSPS) is 22.2. The summed E-state index contributed by atoms with van der Waals surface area (Å²) in [6.45, 7) is 3.55. The summed E-state index contributed by atoms with van der Waals surface area (Å²) in [6, 6.07) is 0. The SMILES string of the molecule is CC/C=C\C/C=C\C/C=C\C/C=C\CCC(=O)OCC(COC1OC(C(=O)O)C(O)C(O)C1O)OC(=O)CCCCCCCCCCC. The summed E-state index contributed by atoms with van der Waals surface area (Å²) in [5.74, 6) is -2.56. The van der Waals surface area contributed by atoms with Gasteiger partial charge in [0.25, 0.3) is 0 Å². The Balaban J connectivity index is 2.54. The molecule has 1 fully saturated rings. The quantitative estimate of drug-likeness (QED) is 0.0466. The van der Waals surface area contributed by atoms with Gasteiger partial charge in [-0.1, -0.05) is 114 Å². The summed E-state index contributed by atoms with van der Waals surface area (Å²) >= 11 is 0. The number of carbonyl (C=O) groups is 3.